The summed E-state index contributed by atoms with van der Waals surface area (Å²) >= 11 is 0. The molecule has 1 fully saturated rings. The molecule has 0 unspecified atom stereocenters. The van der Waals surface area contributed by atoms with Gasteiger partial charge in [0.05, 0.1) is 6.54 Å². The lowest BCUT2D eigenvalue weighted by molar-refractivity contribution is 0.0969. The van der Waals surface area contributed by atoms with Crippen molar-refractivity contribution < 1.29 is 9.53 Å². The first-order valence-corrected chi connectivity index (χ1v) is 9.90. The monoisotopic (exact) mass is 361 g/mol. The van der Waals surface area contributed by atoms with Crippen LogP contribution in [0, 0.1) is 12.8 Å². The molecule has 3 heteroatoms. The molecule has 1 saturated carbocycles. The average Bonchev–Trinajstić information content (AvgIpc) is 3.44. The Morgan fingerprint density at radius 1 is 1.19 bits per heavy atom. The molecule has 1 aliphatic rings. The van der Waals surface area contributed by atoms with E-state index in [0.717, 1.165) is 41.6 Å². The van der Waals surface area contributed by atoms with Crippen LogP contribution in [-0.2, 0) is 6.54 Å². The first-order chi connectivity index (χ1) is 13.0. The predicted molar refractivity (Wildman–Crippen MR) is 110 cm³/mol. The Balaban J connectivity index is 1.55. The third-order valence-corrected chi connectivity index (χ3v) is 5.38. The molecule has 1 heterocycles. The van der Waals surface area contributed by atoms with Gasteiger partial charge < -0.3 is 9.30 Å². The fraction of sp³-hybridized carbons (Fsp3) is 0.375. The van der Waals surface area contributed by atoms with Crippen LogP contribution >= 0.6 is 0 Å². The van der Waals surface area contributed by atoms with Crippen molar-refractivity contribution in [2.45, 2.75) is 46.1 Å². The van der Waals surface area contributed by atoms with Gasteiger partial charge in [-0.15, -0.1) is 0 Å². The Labute approximate surface area is 161 Å². The second-order valence-electron chi connectivity index (χ2n) is 7.94. The van der Waals surface area contributed by atoms with Crippen molar-refractivity contribution in [1.29, 1.82) is 0 Å². The number of para-hydroxylation sites is 1. The number of hydrogen-bond donors (Lipinski definition) is 0. The number of Topliss-reactive ketones (excluding diaryl/α,β-unsaturated/α-hetero) is 1. The molecule has 0 atom stereocenters. The van der Waals surface area contributed by atoms with Gasteiger partial charge in [0.2, 0.25) is 0 Å². The molecule has 3 aromatic rings. The predicted octanol–water partition coefficient (Wildman–Crippen LogP) is 5.74. The average molecular weight is 361 g/mol. The normalized spacial score (nSPS) is 14.1. The van der Waals surface area contributed by atoms with E-state index in [0.29, 0.717) is 18.3 Å². The van der Waals surface area contributed by atoms with Crippen molar-refractivity contribution in [2.75, 3.05) is 6.61 Å². The van der Waals surface area contributed by atoms with Crippen LogP contribution in [0.15, 0.2) is 48.7 Å². The fourth-order valence-electron chi connectivity index (χ4n) is 3.69. The maximum atomic E-state index is 12.6. The van der Waals surface area contributed by atoms with E-state index in [4.69, 9.17) is 4.74 Å². The molecule has 1 aliphatic carbocycles. The molecule has 4 rings (SSSR count). The third kappa shape index (κ3) is 3.64. The summed E-state index contributed by atoms with van der Waals surface area (Å²) in [5.41, 5.74) is 4.42. The number of aromatic nitrogens is 1. The number of benzene rings is 2. The number of hydrogen-bond acceptors (Lipinski definition) is 2. The zero-order valence-electron chi connectivity index (χ0n) is 16.4. The summed E-state index contributed by atoms with van der Waals surface area (Å²) in [5.74, 6) is 1.93. The second kappa shape index (κ2) is 7.22. The quantitative estimate of drug-likeness (QED) is 0.502. The van der Waals surface area contributed by atoms with E-state index in [-0.39, 0.29) is 5.92 Å². The second-order valence-corrected chi connectivity index (χ2v) is 7.94. The number of fused-ring (bicyclic) bond motifs is 1. The van der Waals surface area contributed by atoms with Crippen molar-refractivity contribution in [3.8, 4) is 5.75 Å². The molecular weight excluding hydrogens is 334 g/mol. The molecule has 1 aromatic heterocycles. The third-order valence-electron chi connectivity index (χ3n) is 5.38. The summed E-state index contributed by atoms with van der Waals surface area (Å²) in [6, 6.07) is 14.6. The van der Waals surface area contributed by atoms with Crippen LogP contribution in [0.25, 0.3) is 10.9 Å². The van der Waals surface area contributed by atoms with E-state index in [2.05, 4.69) is 55.7 Å². The zero-order chi connectivity index (χ0) is 19.0. The van der Waals surface area contributed by atoms with Gasteiger partial charge in [-0.3, -0.25) is 4.79 Å². The molecule has 0 spiro atoms. The van der Waals surface area contributed by atoms with Crippen LogP contribution in [0.4, 0.5) is 0 Å². The van der Waals surface area contributed by atoms with Crippen LogP contribution in [-0.4, -0.2) is 17.0 Å². The Kier molecular flexibility index (Phi) is 4.77. The number of carbonyl (C=O) groups excluding carboxylic acids is 1. The van der Waals surface area contributed by atoms with E-state index < -0.39 is 0 Å². The smallest absolute Gasteiger partial charge is 0.168 e. The van der Waals surface area contributed by atoms with E-state index >= 15 is 0 Å². The van der Waals surface area contributed by atoms with Gasteiger partial charge >= 0.3 is 0 Å². The van der Waals surface area contributed by atoms with E-state index in [1.807, 2.05) is 18.3 Å². The fourth-order valence-corrected chi connectivity index (χ4v) is 3.69. The lowest BCUT2D eigenvalue weighted by Crippen LogP contribution is -2.09. The van der Waals surface area contributed by atoms with Crippen molar-refractivity contribution in [3.63, 3.8) is 0 Å². The van der Waals surface area contributed by atoms with Crippen LogP contribution in [0.5, 0.6) is 5.75 Å². The Morgan fingerprint density at radius 2 is 1.96 bits per heavy atom. The van der Waals surface area contributed by atoms with Crippen molar-refractivity contribution in [2.24, 2.45) is 5.92 Å². The minimum Gasteiger partial charge on any atom is -0.491 e. The van der Waals surface area contributed by atoms with Crippen LogP contribution in [0.1, 0.15) is 54.1 Å². The summed E-state index contributed by atoms with van der Waals surface area (Å²) in [5, 5.41) is 1.06. The zero-order valence-corrected chi connectivity index (χ0v) is 16.4. The molecule has 140 valence electrons. The van der Waals surface area contributed by atoms with Crippen LogP contribution in [0.3, 0.4) is 0 Å². The highest BCUT2D eigenvalue weighted by Gasteiger charge is 2.32. The standard InChI is InChI=1S/C24H27NO2/c1-16(2)19-11-8-17(3)14-23(19)27-13-12-25-15-21(24(26)18-9-10-18)20-6-4-5-7-22(20)25/h4-8,11,14-16,18H,9-10,12-13H2,1-3H3. The van der Waals surface area contributed by atoms with Crippen LogP contribution in [0.2, 0.25) is 0 Å². The summed E-state index contributed by atoms with van der Waals surface area (Å²) in [4.78, 5) is 12.6. The molecule has 0 bridgehead atoms. The maximum Gasteiger partial charge on any atom is 0.168 e. The first-order valence-electron chi connectivity index (χ1n) is 9.90. The van der Waals surface area contributed by atoms with Gasteiger partial charge in [0, 0.05) is 28.6 Å². The van der Waals surface area contributed by atoms with Gasteiger partial charge in [-0.25, -0.2) is 0 Å². The SMILES string of the molecule is Cc1ccc(C(C)C)c(OCCn2cc(C(=O)C3CC3)c3ccccc32)c1. The highest BCUT2D eigenvalue weighted by Crippen LogP contribution is 2.35. The maximum absolute atomic E-state index is 12.6. The summed E-state index contributed by atoms with van der Waals surface area (Å²) < 4.78 is 8.32. The summed E-state index contributed by atoms with van der Waals surface area (Å²) in [7, 11) is 0. The molecular formula is C24H27NO2. The van der Waals surface area contributed by atoms with Gasteiger partial charge in [0.1, 0.15) is 12.4 Å². The molecule has 0 amide bonds. The largest absolute Gasteiger partial charge is 0.491 e. The Morgan fingerprint density at radius 3 is 2.70 bits per heavy atom. The summed E-state index contributed by atoms with van der Waals surface area (Å²) in [6.07, 6.45) is 4.09. The highest BCUT2D eigenvalue weighted by atomic mass is 16.5. The Bertz CT molecular complexity index is 979. The number of ether oxygens (including phenoxy) is 1. The molecule has 27 heavy (non-hydrogen) atoms. The van der Waals surface area contributed by atoms with Gasteiger partial charge in [-0.1, -0.05) is 44.2 Å². The number of ketones is 1. The van der Waals surface area contributed by atoms with Crippen molar-refractivity contribution in [3.05, 3.63) is 65.4 Å². The van der Waals surface area contributed by atoms with Crippen molar-refractivity contribution in [1.82, 2.24) is 4.57 Å². The van der Waals surface area contributed by atoms with Crippen LogP contribution < -0.4 is 4.74 Å². The molecule has 0 N–H and O–H groups in total. The van der Waals surface area contributed by atoms with E-state index in [9.17, 15) is 4.79 Å². The Hall–Kier alpha value is -2.55. The van der Waals surface area contributed by atoms with E-state index in [1.165, 1.54) is 11.1 Å². The number of rotatable bonds is 7. The lowest BCUT2D eigenvalue weighted by Gasteiger charge is -2.15. The van der Waals surface area contributed by atoms with E-state index in [1.54, 1.807) is 0 Å². The topological polar surface area (TPSA) is 31.2 Å². The van der Waals surface area contributed by atoms with Crippen molar-refractivity contribution >= 4 is 16.7 Å². The minimum atomic E-state index is 0.237. The minimum absolute atomic E-state index is 0.237. The molecule has 3 nitrogen and oxygen atoms in total. The van der Waals surface area contributed by atoms with Gasteiger partial charge in [-0.05, 0) is 48.9 Å². The number of nitrogens with zero attached hydrogens (tertiary/aromatic N) is 1. The molecule has 0 aliphatic heterocycles. The van der Waals surface area contributed by atoms with Gasteiger partial charge in [-0.2, -0.15) is 0 Å². The lowest BCUT2D eigenvalue weighted by atomic mass is 10.0. The molecule has 0 radical (unpaired) electrons. The summed E-state index contributed by atoms with van der Waals surface area (Å²) in [6.45, 7) is 7.77. The number of aryl methyl sites for hydroxylation is 1. The first kappa shape index (κ1) is 17.8. The van der Waals surface area contributed by atoms with Gasteiger partial charge in [0.25, 0.3) is 0 Å². The number of carbonyl (C=O) groups is 1. The van der Waals surface area contributed by atoms with Gasteiger partial charge in [0.15, 0.2) is 5.78 Å². The highest BCUT2D eigenvalue weighted by molar-refractivity contribution is 6.09. The molecule has 2 aromatic carbocycles. The molecule has 0 saturated heterocycles.